The van der Waals surface area contributed by atoms with Gasteiger partial charge in [0.2, 0.25) is 0 Å². The predicted octanol–water partition coefficient (Wildman–Crippen LogP) is 4.56. The Morgan fingerprint density at radius 2 is 1.65 bits per heavy atom. The van der Waals surface area contributed by atoms with Gasteiger partial charge in [-0.2, -0.15) is 0 Å². The molecule has 0 spiro atoms. The number of rotatable bonds is 4. The fourth-order valence-electron chi connectivity index (χ4n) is 2.94. The van der Waals surface area contributed by atoms with Gasteiger partial charge in [0.1, 0.15) is 11.5 Å². The van der Waals surface area contributed by atoms with Crippen LogP contribution in [0.2, 0.25) is 0 Å². The van der Waals surface area contributed by atoms with Crippen molar-refractivity contribution in [2.75, 3.05) is 14.2 Å². The maximum Gasteiger partial charge on any atom is 0.199 e. The third-order valence-corrected chi connectivity index (χ3v) is 5.51. The Bertz CT molecular complexity index is 941. The first kappa shape index (κ1) is 15.8. The third-order valence-electron chi connectivity index (χ3n) is 4.21. The average molecular weight is 328 g/mol. The molecule has 3 nitrogen and oxygen atoms in total. The van der Waals surface area contributed by atoms with Crippen LogP contribution >= 0.6 is 11.3 Å². The molecular formula is C19H20O3S. The SMILES string of the molecule is CCc1cc(CC)c2sc3c(OC)ccc(OC)c3c(=O)c2c1. The van der Waals surface area contributed by atoms with E-state index in [2.05, 4.69) is 19.9 Å². The molecule has 23 heavy (non-hydrogen) atoms. The van der Waals surface area contributed by atoms with Crippen molar-refractivity contribution < 1.29 is 9.47 Å². The highest BCUT2D eigenvalue weighted by atomic mass is 32.1. The van der Waals surface area contributed by atoms with Crippen molar-refractivity contribution in [3.8, 4) is 11.5 Å². The molecule has 0 saturated carbocycles. The molecule has 1 aromatic heterocycles. The van der Waals surface area contributed by atoms with Crippen LogP contribution < -0.4 is 14.9 Å². The lowest BCUT2D eigenvalue weighted by molar-refractivity contribution is 0.411. The highest BCUT2D eigenvalue weighted by molar-refractivity contribution is 7.25. The van der Waals surface area contributed by atoms with E-state index in [0.717, 1.165) is 27.6 Å². The summed E-state index contributed by atoms with van der Waals surface area (Å²) in [6.07, 6.45) is 1.82. The number of fused-ring (bicyclic) bond motifs is 2. The van der Waals surface area contributed by atoms with Gasteiger partial charge in [-0.3, -0.25) is 4.79 Å². The summed E-state index contributed by atoms with van der Waals surface area (Å²) in [6.45, 7) is 4.23. The molecule has 0 aliphatic rings. The van der Waals surface area contributed by atoms with Crippen LogP contribution in [0.3, 0.4) is 0 Å². The van der Waals surface area contributed by atoms with Gasteiger partial charge in [-0.15, -0.1) is 11.3 Å². The van der Waals surface area contributed by atoms with Crippen LogP contribution in [0.15, 0.2) is 29.1 Å². The molecular weight excluding hydrogens is 308 g/mol. The zero-order valence-corrected chi connectivity index (χ0v) is 14.7. The van der Waals surface area contributed by atoms with Gasteiger partial charge in [0, 0.05) is 10.1 Å². The number of ether oxygens (including phenoxy) is 2. The van der Waals surface area contributed by atoms with E-state index in [0.29, 0.717) is 16.9 Å². The van der Waals surface area contributed by atoms with Crippen LogP contribution in [-0.2, 0) is 12.8 Å². The van der Waals surface area contributed by atoms with Crippen LogP contribution in [0.5, 0.6) is 11.5 Å². The lowest BCUT2D eigenvalue weighted by Gasteiger charge is -2.12. The van der Waals surface area contributed by atoms with E-state index in [1.54, 1.807) is 31.6 Å². The largest absolute Gasteiger partial charge is 0.496 e. The van der Waals surface area contributed by atoms with Gasteiger partial charge in [0.25, 0.3) is 0 Å². The fourth-order valence-corrected chi connectivity index (χ4v) is 4.29. The van der Waals surface area contributed by atoms with Crippen LogP contribution in [0.1, 0.15) is 25.0 Å². The molecule has 3 aromatic rings. The molecule has 0 radical (unpaired) electrons. The fraction of sp³-hybridized carbons (Fsp3) is 0.316. The predicted molar refractivity (Wildman–Crippen MR) is 97.5 cm³/mol. The van der Waals surface area contributed by atoms with Crippen LogP contribution in [0, 0.1) is 0 Å². The number of benzene rings is 2. The zero-order chi connectivity index (χ0) is 16.6. The van der Waals surface area contributed by atoms with Gasteiger partial charge in [0.05, 0.1) is 24.3 Å². The van der Waals surface area contributed by atoms with E-state index in [9.17, 15) is 4.79 Å². The van der Waals surface area contributed by atoms with E-state index in [4.69, 9.17) is 9.47 Å². The quantitative estimate of drug-likeness (QED) is 0.659. The van der Waals surface area contributed by atoms with Gasteiger partial charge in [0.15, 0.2) is 5.43 Å². The average Bonchev–Trinajstić information content (AvgIpc) is 2.60. The van der Waals surface area contributed by atoms with Crippen LogP contribution in [0.4, 0.5) is 0 Å². The summed E-state index contributed by atoms with van der Waals surface area (Å²) in [5.41, 5.74) is 2.43. The molecule has 0 bridgehead atoms. The summed E-state index contributed by atoms with van der Waals surface area (Å²) < 4.78 is 12.8. The Hall–Kier alpha value is -2.07. The maximum absolute atomic E-state index is 13.1. The number of methoxy groups -OCH3 is 2. The first-order valence-electron chi connectivity index (χ1n) is 7.77. The van der Waals surface area contributed by atoms with Crippen molar-refractivity contribution in [2.24, 2.45) is 0 Å². The maximum atomic E-state index is 13.1. The molecule has 0 fully saturated rings. The third kappa shape index (κ3) is 2.47. The molecule has 120 valence electrons. The molecule has 0 unspecified atom stereocenters. The van der Waals surface area contributed by atoms with E-state index in [1.807, 2.05) is 12.1 Å². The highest BCUT2D eigenvalue weighted by Gasteiger charge is 2.16. The van der Waals surface area contributed by atoms with Gasteiger partial charge >= 0.3 is 0 Å². The second-order valence-corrected chi connectivity index (χ2v) is 6.46. The first-order valence-corrected chi connectivity index (χ1v) is 8.59. The molecule has 1 heterocycles. The zero-order valence-electron chi connectivity index (χ0n) is 13.9. The standard InChI is InChI=1S/C19H20O3S/c1-5-11-9-12(6-2)18-13(10-11)17(20)16-14(21-3)7-8-15(22-4)19(16)23-18/h7-10H,5-6H2,1-4H3. The van der Waals surface area contributed by atoms with Crippen molar-refractivity contribution in [3.63, 3.8) is 0 Å². The van der Waals surface area contributed by atoms with Crippen molar-refractivity contribution in [1.29, 1.82) is 0 Å². The van der Waals surface area contributed by atoms with Crippen LogP contribution in [-0.4, -0.2) is 14.2 Å². The second-order valence-electron chi connectivity index (χ2n) is 5.44. The lowest BCUT2D eigenvalue weighted by Crippen LogP contribution is -2.05. The van der Waals surface area contributed by atoms with Crippen molar-refractivity contribution in [1.82, 2.24) is 0 Å². The van der Waals surface area contributed by atoms with E-state index in [-0.39, 0.29) is 5.43 Å². The smallest absolute Gasteiger partial charge is 0.199 e. The summed E-state index contributed by atoms with van der Waals surface area (Å²) in [4.78, 5) is 13.1. The van der Waals surface area contributed by atoms with E-state index in [1.165, 1.54) is 11.1 Å². The minimum absolute atomic E-state index is 0.0227. The summed E-state index contributed by atoms with van der Waals surface area (Å²) in [7, 11) is 3.22. The Balaban J connectivity index is 2.57. The lowest BCUT2D eigenvalue weighted by atomic mass is 10.0. The topological polar surface area (TPSA) is 35.5 Å². The number of hydrogen-bond donors (Lipinski definition) is 0. The van der Waals surface area contributed by atoms with Crippen molar-refractivity contribution >= 4 is 31.5 Å². The van der Waals surface area contributed by atoms with Gasteiger partial charge < -0.3 is 9.47 Å². The number of hydrogen-bond acceptors (Lipinski definition) is 4. The van der Waals surface area contributed by atoms with Crippen LogP contribution in [0.25, 0.3) is 20.2 Å². The van der Waals surface area contributed by atoms with E-state index >= 15 is 0 Å². The number of aryl methyl sites for hydroxylation is 2. The summed E-state index contributed by atoms with van der Waals surface area (Å²) in [5.74, 6) is 1.32. The first-order chi connectivity index (χ1) is 11.1. The Morgan fingerprint density at radius 3 is 2.26 bits per heavy atom. The van der Waals surface area contributed by atoms with Gasteiger partial charge in [-0.1, -0.05) is 19.9 Å². The molecule has 3 rings (SSSR count). The molecule has 2 aromatic carbocycles. The molecule has 0 N–H and O–H groups in total. The molecule has 0 amide bonds. The summed E-state index contributed by atoms with van der Waals surface area (Å²) >= 11 is 1.61. The summed E-state index contributed by atoms with van der Waals surface area (Å²) in [5, 5.41) is 1.39. The van der Waals surface area contributed by atoms with Gasteiger partial charge in [-0.05, 0) is 42.2 Å². The van der Waals surface area contributed by atoms with Gasteiger partial charge in [-0.25, -0.2) is 0 Å². The normalized spacial score (nSPS) is 11.1. The molecule has 0 atom stereocenters. The van der Waals surface area contributed by atoms with Crippen molar-refractivity contribution in [3.05, 3.63) is 45.6 Å². The highest BCUT2D eigenvalue weighted by Crippen LogP contribution is 2.38. The minimum atomic E-state index is 0.0227. The molecule has 0 saturated heterocycles. The molecule has 0 aliphatic heterocycles. The monoisotopic (exact) mass is 328 g/mol. The van der Waals surface area contributed by atoms with Crippen molar-refractivity contribution in [2.45, 2.75) is 26.7 Å². The Labute approximate surface area is 139 Å². The Morgan fingerprint density at radius 1 is 0.957 bits per heavy atom. The van der Waals surface area contributed by atoms with E-state index < -0.39 is 0 Å². The summed E-state index contributed by atoms with van der Waals surface area (Å²) in [6, 6.07) is 7.88. The Kier molecular flexibility index (Phi) is 4.26. The molecule has 0 aliphatic carbocycles. The second kappa shape index (κ2) is 6.20. The molecule has 4 heteroatoms. The minimum Gasteiger partial charge on any atom is -0.496 e.